The topological polar surface area (TPSA) is 149 Å². The fourth-order valence-electron chi connectivity index (χ4n) is 1.73. The number of benzene rings is 2. The SMILES string of the molecule is NS(=O)(=O)c1ccc(NS(=O)(=O)c2ccc(Cl)c([N+](=O)[O-])c2)cc1. The number of anilines is 1. The number of nitrogens with one attached hydrogen (secondary N) is 1. The fourth-order valence-corrected chi connectivity index (χ4v) is 3.51. The van der Waals surface area contributed by atoms with Crippen LogP contribution in [-0.4, -0.2) is 21.8 Å². The van der Waals surface area contributed by atoms with Gasteiger partial charge in [-0.25, -0.2) is 22.0 Å². The Morgan fingerprint density at radius 3 is 2.04 bits per heavy atom. The molecule has 0 saturated heterocycles. The second-order valence-corrected chi connectivity index (χ2v) is 8.20. The van der Waals surface area contributed by atoms with Gasteiger partial charge >= 0.3 is 0 Å². The van der Waals surface area contributed by atoms with Gasteiger partial charge in [0.25, 0.3) is 15.7 Å². The van der Waals surface area contributed by atoms with Crippen molar-refractivity contribution in [3.63, 3.8) is 0 Å². The summed E-state index contributed by atoms with van der Waals surface area (Å²) in [5, 5.41) is 15.6. The summed E-state index contributed by atoms with van der Waals surface area (Å²) >= 11 is 5.64. The molecule has 3 N–H and O–H groups in total. The molecule has 0 bridgehead atoms. The Hall–Kier alpha value is -2.21. The number of primary sulfonamides is 1. The molecule has 0 amide bonds. The van der Waals surface area contributed by atoms with E-state index in [2.05, 4.69) is 4.72 Å². The minimum absolute atomic E-state index is 0.0556. The molecule has 0 fully saturated rings. The standard InChI is InChI=1S/C12H10ClN3O6S2/c13-11-6-5-10(7-12(11)16(17)18)24(21,22)15-8-1-3-9(4-2-8)23(14,19)20/h1-7,15H,(H2,14,19,20). The molecule has 2 aromatic rings. The van der Waals surface area contributed by atoms with Gasteiger partial charge in [0, 0.05) is 11.8 Å². The molecule has 24 heavy (non-hydrogen) atoms. The average Bonchev–Trinajstić information content (AvgIpc) is 2.46. The van der Waals surface area contributed by atoms with Crippen molar-refractivity contribution in [2.45, 2.75) is 9.79 Å². The second-order valence-electron chi connectivity index (χ2n) is 4.55. The van der Waals surface area contributed by atoms with Gasteiger partial charge in [-0.2, -0.15) is 0 Å². The summed E-state index contributed by atoms with van der Waals surface area (Å²) in [4.78, 5) is 9.47. The lowest BCUT2D eigenvalue weighted by atomic mass is 10.3. The van der Waals surface area contributed by atoms with Gasteiger partial charge in [-0.15, -0.1) is 0 Å². The summed E-state index contributed by atoms with van der Waals surface area (Å²) in [7, 11) is -8.03. The van der Waals surface area contributed by atoms with Crippen molar-refractivity contribution < 1.29 is 21.8 Å². The van der Waals surface area contributed by atoms with E-state index < -0.39 is 30.7 Å². The summed E-state index contributed by atoms with van der Waals surface area (Å²) < 4.78 is 49.0. The van der Waals surface area contributed by atoms with E-state index in [9.17, 15) is 26.9 Å². The molecule has 0 unspecified atom stereocenters. The van der Waals surface area contributed by atoms with Crippen molar-refractivity contribution in [3.05, 3.63) is 57.6 Å². The van der Waals surface area contributed by atoms with Gasteiger partial charge in [-0.3, -0.25) is 14.8 Å². The van der Waals surface area contributed by atoms with E-state index in [0.717, 1.165) is 30.3 Å². The van der Waals surface area contributed by atoms with Gasteiger partial charge in [0.05, 0.1) is 14.7 Å². The van der Waals surface area contributed by atoms with Crippen LogP contribution in [0.2, 0.25) is 5.02 Å². The molecule has 128 valence electrons. The molecule has 2 aromatic carbocycles. The van der Waals surface area contributed by atoms with E-state index in [1.807, 2.05) is 0 Å². The molecular formula is C12H10ClN3O6S2. The summed E-state index contributed by atoms with van der Waals surface area (Å²) in [6.07, 6.45) is 0. The summed E-state index contributed by atoms with van der Waals surface area (Å²) in [6, 6.07) is 7.66. The minimum atomic E-state index is -4.13. The van der Waals surface area contributed by atoms with Gasteiger partial charge in [0.15, 0.2) is 0 Å². The van der Waals surface area contributed by atoms with Gasteiger partial charge in [-0.05, 0) is 36.4 Å². The predicted octanol–water partition coefficient (Wildman–Crippen LogP) is 1.70. The van der Waals surface area contributed by atoms with Gasteiger partial charge in [0.1, 0.15) is 5.02 Å². The molecule has 2 rings (SSSR count). The zero-order valence-corrected chi connectivity index (χ0v) is 14.1. The van der Waals surface area contributed by atoms with Crippen molar-refractivity contribution in [1.29, 1.82) is 0 Å². The number of nitro groups is 1. The van der Waals surface area contributed by atoms with Crippen molar-refractivity contribution >= 4 is 43.0 Å². The molecule has 0 aliphatic rings. The van der Waals surface area contributed by atoms with Crippen LogP contribution in [0.1, 0.15) is 0 Å². The molecule has 9 nitrogen and oxygen atoms in total. The second kappa shape index (κ2) is 6.36. The summed E-state index contributed by atoms with van der Waals surface area (Å²) in [6.45, 7) is 0. The first-order valence-corrected chi connectivity index (χ1v) is 9.51. The number of nitrogens with zero attached hydrogens (tertiary/aromatic N) is 1. The summed E-state index contributed by atoms with van der Waals surface area (Å²) in [5.41, 5.74) is -0.496. The number of hydrogen-bond acceptors (Lipinski definition) is 6. The Bertz CT molecular complexity index is 1000. The zero-order valence-electron chi connectivity index (χ0n) is 11.7. The highest BCUT2D eigenvalue weighted by atomic mass is 35.5. The zero-order chi connectivity index (χ0) is 18.1. The molecule has 12 heteroatoms. The van der Waals surface area contributed by atoms with E-state index in [-0.39, 0.29) is 20.5 Å². The molecule has 0 spiro atoms. The van der Waals surface area contributed by atoms with Crippen LogP contribution in [0.5, 0.6) is 0 Å². The predicted molar refractivity (Wildman–Crippen MR) is 86.7 cm³/mol. The van der Waals surface area contributed by atoms with Crippen molar-refractivity contribution in [1.82, 2.24) is 0 Å². The Labute approximate surface area is 142 Å². The van der Waals surface area contributed by atoms with E-state index >= 15 is 0 Å². The maximum Gasteiger partial charge on any atom is 0.289 e. The van der Waals surface area contributed by atoms with Crippen molar-refractivity contribution in [3.8, 4) is 0 Å². The normalized spacial score (nSPS) is 11.9. The fraction of sp³-hybridized carbons (Fsp3) is 0. The third kappa shape index (κ3) is 4.00. The highest BCUT2D eigenvalue weighted by molar-refractivity contribution is 7.92. The first kappa shape index (κ1) is 18.1. The lowest BCUT2D eigenvalue weighted by Gasteiger charge is -2.09. The summed E-state index contributed by atoms with van der Waals surface area (Å²) in [5.74, 6) is 0. The number of hydrogen-bond donors (Lipinski definition) is 2. The van der Waals surface area contributed by atoms with E-state index in [4.69, 9.17) is 16.7 Å². The molecule has 0 heterocycles. The quantitative estimate of drug-likeness (QED) is 0.584. The largest absolute Gasteiger partial charge is 0.289 e. The van der Waals surface area contributed by atoms with Crippen LogP contribution in [0.15, 0.2) is 52.3 Å². The van der Waals surface area contributed by atoms with Crippen molar-refractivity contribution in [2.75, 3.05) is 4.72 Å². The Morgan fingerprint density at radius 2 is 1.54 bits per heavy atom. The number of sulfonamides is 2. The molecule has 0 aliphatic heterocycles. The maximum absolute atomic E-state index is 12.2. The molecule has 0 aliphatic carbocycles. The number of nitro benzene ring substituents is 1. The Kier molecular flexibility index (Phi) is 4.80. The molecule has 0 saturated carbocycles. The van der Waals surface area contributed by atoms with E-state index in [0.29, 0.717) is 0 Å². The monoisotopic (exact) mass is 391 g/mol. The Balaban J connectivity index is 2.35. The third-order valence-electron chi connectivity index (χ3n) is 2.86. The van der Waals surface area contributed by atoms with Crippen LogP contribution in [-0.2, 0) is 20.0 Å². The first-order valence-electron chi connectivity index (χ1n) is 6.10. The Morgan fingerprint density at radius 1 is 1.00 bits per heavy atom. The van der Waals surface area contributed by atoms with E-state index in [1.165, 1.54) is 12.1 Å². The minimum Gasteiger partial charge on any atom is -0.280 e. The molecular weight excluding hydrogens is 382 g/mol. The maximum atomic E-state index is 12.2. The van der Waals surface area contributed by atoms with Gasteiger partial charge in [0.2, 0.25) is 10.0 Å². The van der Waals surface area contributed by atoms with Crippen LogP contribution >= 0.6 is 11.6 Å². The highest BCUT2D eigenvalue weighted by Crippen LogP contribution is 2.28. The van der Waals surface area contributed by atoms with Crippen LogP contribution in [0.4, 0.5) is 11.4 Å². The van der Waals surface area contributed by atoms with Crippen LogP contribution < -0.4 is 9.86 Å². The average molecular weight is 392 g/mol. The lowest BCUT2D eigenvalue weighted by molar-refractivity contribution is -0.384. The number of nitrogens with two attached hydrogens (primary N) is 1. The number of rotatable bonds is 5. The van der Waals surface area contributed by atoms with Crippen LogP contribution in [0, 0.1) is 10.1 Å². The van der Waals surface area contributed by atoms with Gasteiger partial charge < -0.3 is 0 Å². The molecule has 0 aromatic heterocycles. The highest BCUT2D eigenvalue weighted by Gasteiger charge is 2.21. The van der Waals surface area contributed by atoms with Crippen molar-refractivity contribution in [2.24, 2.45) is 5.14 Å². The van der Waals surface area contributed by atoms with E-state index in [1.54, 1.807) is 0 Å². The number of halogens is 1. The van der Waals surface area contributed by atoms with Crippen LogP contribution in [0.25, 0.3) is 0 Å². The molecule has 0 radical (unpaired) electrons. The lowest BCUT2D eigenvalue weighted by Crippen LogP contribution is -2.14. The molecule has 0 atom stereocenters. The van der Waals surface area contributed by atoms with Crippen LogP contribution in [0.3, 0.4) is 0 Å². The first-order chi connectivity index (χ1) is 11.0. The van der Waals surface area contributed by atoms with Gasteiger partial charge in [-0.1, -0.05) is 11.6 Å². The smallest absolute Gasteiger partial charge is 0.280 e. The third-order valence-corrected chi connectivity index (χ3v) is 5.49.